The van der Waals surface area contributed by atoms with E-state index in [0.29, 0.717) is 5.92 Å². The third-order valence-corrected chi connectivity index (χ3v) is 3.39. The van der Waals surface area contributed by atoms with E-state index in [1.807, 2.05) is 4.90 Å². The molecule has 0 aromatic carbocycles. The van der Waals surface area contributed by atoms with E-state index in [2.05, 4.69) is 5.32 Å². The second kappa shape index (κ2) is 4.17. The molecule has 1 aliphatic heterocycles. The maximum atomic E-state index is 11.5. The molecule has 2 rings (SSSR count). The summed E-state index contributed by atoms with van der Waals surface area (Å²) in [5.41, 5.74) is 0. The molecule has 2 fully saturated rings. The fraction of sp³-hybridized carbons (Fsp3) is 0.900. The molecule has 1 aliphatic carbocycles. The van der Waals surface area contributed by atoms with Crippen LogP contribution in [-0.4, -0.2) is 41.8 Å². The molecular formula is C10H18N2O2. The Labute approximate surface area is 84.3 Å². The Bertz CT molecular complexity index is 220. The minimum absolute atomic E-state index is 0.0513. The van der Waals surface area contributed by atoms with Crippen LogP contribution in [-0.2, 0) is 0 Å². The van der Waals surface area contributed by atoms with Gasteiger partial charge in [-0.05, 0) is 12.8 Å². The summed E-state index contributed by atoms with van der Waals surface area (Å²) < 4.78 is 0. The van der Waals surface area contributed by atoms with Crippen LogP contribution in [0, 0.1) is 5.92 Å². The number of aliphatic hydroxyl groups excluding tert-OH is 1. The van der Waals surface area contributed by atoms with Crippen LogP contribution < -0.4 is 5.32 Å². The van der Waals surface area contributed by atoms with Crippen LogP contribution in [0.3, 0.4) is 0 Å². The van der Waals surface area contributed by atoms with Crippen molar-refractivity contribution in [3.8, 4) is 0 Å². The van der Waals surface area contributed by atoms with Gasteiger partial charge >= 0.3 is 6.03 Å². The lowest BCUT2D eigenvalue weighted by Gasteiger charge is -2.36. The lowest BCUT2D eigenvalue weighted by atomic mass is 9.84. The molecule has 1 saturated carbocycles. The summed E-state index contributed by atoms with van der Waals surface area (Å²) in [5, 5.41) is 12.1. The molecule has 2 N–H and O–H groups in total. The Morgan fingerprint density at radius 3 is 2.86 bits per heavy atom. The molecule has 0 bridgehead atoms. The average Bonchev–Trinajstić information content (AvgIpc) is 2.64. The maximum absolute atomic E-state index is 11.5. The zero-order valence-corrected chi connectivity index (χ0v) is 8.41. The summed E-state index contributed by atoms with van der Waals surface area (Å²) in [6.45, 7) is 1.78. The summed E-state index contributed by atoms with van der Waals surface area (Å²) in [4.78, 5) is 13.4. The van der Waals surface area contributed by atoms with Gasteiger partial charge in [0.25, 0.3) is 0 Å². The van der Waals surface area contributed by atoms with Crippen molar-refractivity contribution < 1.29 is 9.90 Å². The first kappa shape index (κ1) is 9.77. The van der Waals surface area contributed by atoms with Crippen LogP contribution in [0.1, 0.15) is 25.7 Å². The van der Waals surface area contributed by atoms with Crippen LogP contribution >= 0.6 is 0 Å². The Hall–Kier alpha value is -0.770. The highest BCUT2D eigenvalue weighted by Gasteiger charge is 2.34. The largest absolute Gasteiger partial charge is 0.396 e. The molecule has 2 amide bonds. The maximum Gasteiger partial charge on any atom is 0.317 e. The molecule has 2 atom stereocenters. The first-order valence-electron chi connectivity index (χ1n) is 5.48. The van der Waals surface area contributed by atoms with Crippen LogP contribution in [0.15, 0.2) is 0 Å². The lowest BCUT2D eigenvalue weighted by Crippen LogP contribution is -2.45. The van der Waals surface area contributed by atoms with Crippen LogP contribution in [0.4, 0.5) is 4.79 Å². The summed E-state index contributed by atoms with van der Waals surface area (Å²) in [7, 11) is 0. The van der Waals surface area contributed by atoms with E-state index in [-0.39, 0.29) is 18.7 Å². The van der Waals surface area contributed by atoms with Gasteiger partial charge in [-0.1, -0.05) is 12.8 Å². The van der Waals surface area contributed by atoms with Crippen molar-refractivity contribution in [1.29, 1.82) is 0 Å². The van der Waals surface area contributed by atoms with Gasteiger partial charge < -0.3 is 15.3 Å². The van der Waals surface area contributed by atoms with E-state index in [9.17, 15) is 9.90 Å². The summed E-state index contributed by atoms with van der Waals surface area (Å²) in [5.74, 6) is 0.299. The van der Waals surface area contributed by atoms with Crippen LogP contribution in [0.25, 0.3) is 0 Å². The van der Waals surface area contributed by atoms with Gasteiger partial charge in [0.15, 0.2) is 0 Å². The third-order valence-electron chi connectivity index (χ3n) is 3.39. The van der Waals surface area contributed by atoms with Gasteiger partial charge in [-0.25, -0.2) is 4.79 Å². The van der Waals surface area contributed by atoms with Crippen molar-refractivity contribution in [1.82, 2.24) is 10.2 Å². The van der Waals surface area contributed by atoms with E-state index in [1.54, 1.807) is 0 Å². The molecule has 2 aliphatic rings. The van der Waals surface area contributed by atoms with Crippen LogP contribution in [0.2, 0.25) is 0 Å². The highest BCUT2D eigenvalue weighted by atomic mass is 16.3. The first-order valence-corrected chi connectivity index (χ1v) is 5.48. The molecule has 0 aromatic heterocycles. The normalized spacial score (nSPS) is 33.2. The van der Waals surface area contributed by atoms with Crippen LogP contribution in [0.5, 0.6) is 0 Å². The van der Waals surface area contributed by atoms with E-state index in [1.165, 1.54) is 12.8 Å². The van der Waals surface area contributed by atoms with Gasteiger partial charge in [0.05, 0.1) is 0 Å². The van der Waals surface area contributed by atoms with Crippen molar-refractivity contribution in [3.63, 3.8) is 0 Å². The highest BCUT2D eigenvalue weighted by Crippen LogP contribution is 2.28. The number of aliphatic hydroxyl groups is 1. The number of rotatable bonds is 2. The molecule has 14 heavy (non-hydrogen) atoms. The van der Waals surface area contributed by atoms with Gasteiger partial charge in [-0.2, -0.15) is 0 Å². The first-order chi connectivity index (χ1) is 6.83. The Balaban J connectivity index is 2.02. The zero-order chi connectivity index (χ0) is 9.97. The number of amides is 2. The SMILES string of the molecule is O=C1NCCN1C1CCCCC1CO. The van der Waals surface area contributed by atoms with Crippen molar-refractivity contribution in [2.75, 3.05) is 19.7 Å². The lowest BCUT2D eigenvalue weighted by molar-refractivity contribution is 0.0956. The molecular weight excluding hydrogens is 180 g/mol. The second-order valence-electron chi connectivity index (χ2n) is 4.22. The van der Waals surface area contributed by atoms with Gasteiger partial charge in [0.2, 0.25) is 0 Å². The zero-order valence-electron chi connectivity index (χ0n) is 8.41. The quantitative estimate of drug-likeness (QED) is 0.681. The minimum atomic E-state index is 0.0513. The standard InChI is InChI=1S/C10H18N2O2/c13-7-8-3-1-2-4-9(8)12-6-5-11-10(12)14/h8-9,13H,1-7H2,(H,11,14). The summed E-state index contributed by atoms with van der Waals surface area (Å²) in [6, 6.07) is 0.326. The number of hydrogen-bond acceptors (Lipinski definition) is 2. The molecule has 4 nitrogen and oxygen atoms in total. The van der Waals surface area contributed by atoms with E-state index in [0.717, 1.165) is 25.9 Å². The molecule has 0 spiro atoms. The molecule has 80 valence electrons. The number of nitrogens with zero attached hydrogens (tertiary/aromatic N) is 1. The van der Waals surface area contributed by atoms with Gasteiger partial charge in [0, 0.05) is 31.7 Å². The Morgan fingerprint density at radius 1 is 1.43 bits per heavy atom. The summed E-state index contributed by atoms with van der Waals surface area (Å²) >= 11 is 0. The molecule has 4 heteroatoms. The molecule has 0 aromatic rings. The minimum Gasteiger partial charge on any atom is -0.396 e. The van der Waals surface area contributed by atoms with Crippen molar-refractivity contribution in [3.05, 3.63) is 0 Å². The monoisotopic (exact) mass is 198 g/mol. The topological polar surface area (TPSA) is 52.6 Å². The summed E-state index contributed by atoms with van der Waals surface area (Å²) in [6.07, 6.45) is 4.49. The predicted octanol–water partition coefficient (Wildman–Crippen LogP) is 0.563. The average molecular weight is 198 g/mol. The van der Waals surface area contributed by atoms with E-state index >= 15 is 0 Å². The smallest absolute Gasteiger partial charge is 0.317 e. The fourth-order valence-electron chi connectivity index (χ4n) is 2.61. The number of hydrogen-bond donors (Lipinski definition) is 2. The number of nitrogens with one attached hydrogen (secondary N) is 1. The van der Waals surface area contributed by atoms with Crippen molar-refractivity contribution >= 4 is 6.03 Å². The number of urea groups is 1. The van der Waals surface area contributed by atoms with E-state index < -0.39 is 0 Å². The fourth-order valence-corrected chi connectivity index (χ4v) is 2.61. The van der Waals surface area contributed by atoms with Gasteiger partial charge in [-0.15, -0.1) is 0 Å². The number of carbonyl (C=O) groups excluding carboxylic acids is 1. The molecule has 1 heterocycles. The van der Waals surface area contributed by atoms with Gasteiger partial charge in [0.1, 0.15) is 0 Å². The van der Waals surface area contributed by atoms with Crippen molar-refractivity contribution in [2.24, 2.45) is 5.92 Å². The predicted molar refractivity (Wildman–Crippen MR) is 52.9 cm³/mol. The van der Waals surface area contributed by atoms with Crippen molar-refractivity contribution in [2.45, 2.75) is 31.7 Å². The van der Waals surface area contributed by atoms with Gasteiger partial charge in [-0.3, -0.25) is 0 Å². The Morgan fingerprint density at radius 2 is 2.21 bits per heavy atom. The molecule has 2 unspecified atom stereocenters. The molecule has 0 radical (unpaired) electrons. The number of carbonyl (C=O) groups is 1. The van der Waals surface area contributed by atoms with E-state index in [4.69, 9.17) is 0 Å². The highest BCUT2D eigenvalue weighted by molar-refractivity contribution is 5.76. The third kappa shape index (κ3) is 1.71. The Kier molecular flexibility index (Phi) is 2.91. The second-order valence-corrected chi connectivity index (χ2v) is 4.22. The molecule has 1 saturated heterocycles.